The number of rotatable bonds is 5. The fourth-order valence-electron chi connectivity index (χ4n) is 13.4. The Morgan fingerprint density at radius 2 is 0.881 bits per heavy atom. The third-order valence-corrected chi connectivity index (χ3v) is 16.0. The van der Waals surface area contributed by atoms with Gasteiger partial charge in [-0.2, -0.15) is 0 Å². The number of ether oxygens (including phenoxy) is 1. The van der Waals surface area contributed by atoms with Gasteiger partial charge in [-0.15, -0.1) is 0 Å². The average molecular weight is 771 g/mol. The van der Waals surface area contributed by atoms with E-state index >= 15 is 0 Å². The van der Waals surface area contributed by atoms with Gasteiger partial charge in [0, 0.05) is 75.0 Å². The predicted molar refractivity (Wildman–Crippen MR) is 239 cm³/mol. The fourth-order valence-corrected chi connectivity index (χ4v) is 13.4. The molecule has 5 heterocycles. The number of nitrogens with zero attached hydrogens (tertiary/aromatic N) is 2. The first-order chi connectivity index (χ1) is 29.2. The molecule has 292 valence electrons. The molecule has 2 N–H and O–H groups in total. The molecule has 16 bridgehead atoms. The number of aromatic nitrogens is 4. The summed E-state index contributed by atoms with van der Waals surface area (Å²) in [6.45, 7) is 2.96. The van der Waals surface area contributed by atoms with Gasteiger partial charge in [0.05, 0.1) is 29.4 Å². The first-order valence-corrected chi connectivity index (χ1v) is 23.0. The van der Waals surface area contributed by atoms with E-state index in [4.69, 9.17) is 14.7 Å². The van der Waals surface area contributed by atoms with Crippen LogP contribution in [0, 0.1) is 23.7 Å². The van der Waals surface area contributed by atoms with Crippen LogP contribution in [-0.4, -0.2) is 26.5 Å². The summed E-state index contributed by atoms with van der Waals surface area (Å²) in [6, 6.07) is 16.4. The lowest BCUT2D eigenvalue weighted by Crippen LogP contribution is -2.20. The topological polar surface area (TPSA) is 66.6 Å². The maximum Gasteiger partial charge on any atom is 0.119 e. The third kappa shape index (κ3) is 4.68. The summed E-state index contributed by atoms with van der Waals surface area (Å²) in [7, 11) is 0. The highest BCUT2D eigenvalue weighted by molar-refractivity contribution is 6.06. The molecule has 18 rings (SSSR count). The normalized spacial score (nSPS) is 29.4. The van der Waals surface area contributed by atoms with E-state index in [0.717, 1.165) is 48.0 Å². The molecule has 0 radical (unpaired) electrons. The number of hydrogen-bond donors (Lipinski definition) is 2. The molecule has 4 aromatic rings. The van der Waals surface area contributed by atoms with Gasteiger partial charge in [0.15, 0.2) is 0 Å². The van der Waals surface area contributed by atoms with E-state index in [1.54, 1.807) is 0 Å². The predicted octanol–water partition coefficient (Wildman–Crippen LogP) is 13.2. The molecule has 12 aliphatic carbocycles. The molecule has 0 saturated carbocycles. The zero-order valence-corrected chi connectivity index (χ0v) is 33.9. The first-order valence-electron chi connectivity index (χ1n) is 23.0. The van der Waals surface area contributed by atoms with Gasteiger partial charge in [-0.05, 0) is 138 Å². The van der Waals surface area contributed by atoms with Crippen molar-refractivity contribution in [1.82, 2.24) is 19.9 Å². The lowest BCUT2D eigenvalue weighted by molar-refractivity contribution is 0.309. The smallest absolute Gasteiger partial charge is 0.119 e. The van der Waals surface area contributed by atoms with Gasteiger partial charge in [0.2, 0.25) is 0 Å². The second-order valence-corrected chi connectivity index (χ2v) is 19.1. The Morgan fingerprint density at radius 3 is 1.29 bits per heavy atom. The summed E-state index contributed by atoms with van der Waals surface area (Å²) in [6.07, 6.45) is 31.7. The molecule has 0 amide bonds. The van der Waals surface area contributed by atoms with E-state index in [1.807, 2.05) is 0 Å². The second kappa shape index (κ2) is 12.3. The Bertz CT molecular complexity index is 2740. The van der Waals surface area contributed by atoms with E-state index in [9.17, 15) is 0 Å². The molecular weight excluding hydrogens is 721 g/mol. The van der Waals surface area contributed by atoms with E-state index in [0.29, 0.717) is 47.3 Å². The van der Waals surface area contributed by atoms with Crippen LogP contribution in [0.25, 0.3) is 55.5 Å². The Hall–Kier alpha value is -5.42. The Balaban J connectivity index is 1.14. The van der Waals surface area contributed by atoms with Crippen molar-refractivity contribution in [1.29, 1.82) is 0 Å². The molecule has 0 fully saturated rings. The largest absolute Gasteiger partial charge is 0.494 e. The lowest BCUT2D eigenvalue weighted by Gasteiger charge is -2.34. The first kappa shape index (κ1) is 33.4. The Kier molecular flexibility index (Phi) is 6.97. The van der Waals surface area contributed by atoms with Crippen LogP contribution < -0.4 is 4.74 Å². The van der Waals surface area contributed by atoms with E-state index in [1.165, 1.54) is 129 Å². The van der Waals surface area contributed by atoms with Crippen LogP contribution in [0.3, 0.4) is 0 Å². The molecule has 5 heteroatoms. The van der Waals surface area contributed by atoms with Crippen LogP contribution in [0.5, 0.6) is 5.75 Å². The summed E-state index contributed by atoms with van der Waals surface area (Å²) in [4.78, 5) is 20.0. The number of allylic oxidation sites excluding steroid dienone is 12. The van der Waals surface area contributed by atoms with Crippen LogP contribution in [0.15, 0.2) is 91.1 Å². The van der Waals surface area contributed by atoms with Crippen molar-refractivity contribution in [3.63, 3.8) is 0 Å². The standard InChI is InChI=1S/C54H50N4O/c1-2-3-24-59-37-22-20-36(21-23-37)52-53-50-34-16-12-32(13-17-34)48(50)42(57-53)26-40-46-30-8-4-28(5-9-30)44(46)38(55-40)25-39-45-29-6-10-31(11-7-29)47(45)41(56-39)27-43-49-33-14-18-35(19-15-33)51(49)54(52)58-43/h4,6,8,10,12,14,16,18,20-23,25-35,55-56H,2-3,5,7,9,11,13,15,17,19,24H2,1H3. The minimum Gasteiger partial charge on any atom is -0.494 e. The number of H-pyrrole nitrogens is 2. The summed E-state index contributed by atoms with van der Waals surface area (Å²) >= 11 is 0. The second-order valence-electron chi connectivity index (χ2n) is 19.1. The zero-order chi connectivity index (χ0) is 38.5. The van der Waals surface area contributed by atoms with Crippen molar-refractivity contribution < 1.29 is 4.74 Å². The van der Waals surface area contributed by atoms with Crippen molar-refractivity contribution in [3.05, 3.63) is 136 Å². The van der Waals surface area contributed by atoms with Crippen LogP contribution in [0.4, 0.5) is 0 Å². The van der Waals surface area contributed by atoms with Crippen LogP contribution in [0.1, 0.15) is 140 Å². The van der Waals surface area contributed by atoms with Crippen molar-refractivity contribution in [2.24, 2.45) is 23.7 Å². The Morgan fingerprint density at radius 1 is 0.492 bits per heavy atom. The number of unbranched alkanes of at least 4 members (excludes halogenated alkanes) is 1. The molecule has 0 saturated heterocycles. The van der Waals surface area contributed by atoms with Gasteiger partial charge in [0.25, 0.3) is 0 Å². The number of fused-ring (bicyclic) bond motifs is 12. The summed E-state index contributed by atoms with van der Waals surface area (Å²) in [5.41, 5.74) is 23.9. The molecule has 8 atom stereocenters. The highest BCUT2D eigenvalue weighted by Crippen LogP contribution is 2.58. The molecule has 3 aromatic heterocycles. The lowest BCUT2D eigenvalue weighted by atomic mass is 9.68. The maximum absolute atomic E-state index is 6.24. The number of aromatic amines is 2. The molecule has 1 aromatic carbocycles. The van der Waals surface area contributed by atoms with E-state index in [2.05, 4.69) is 108 Å². The number of nitrogens with one attached hydrogen (secondary N) is 2. The minimum atomic E-state index is 0.356. The summed E-state index contributed by atoms with van der Waals surface area (Å²) in [5.74, 6) is 4.16. The van der Waals surface area contributed by atoms with Gasteiger partial charge < -0.3 is 14.7 Å². The summed E-state index contributed by atoms with van der Waals surface area (Å²) in [5, 5.41) is 0. The highest BCUT2D eigenvalue weighted by Gasteiger charge is 2.43. The van der Waals surface area contributed by atoms with Crippen molar-refractivity contribution in [2.75, 3.05) is 6.61 Å². The average Bonchev–Trinajstić information content (AvgIpc) is 4.08. The van der Waals surface area contributed by atoms with Crippen molar-refractivity contribution in [2.45, 2.75) is 94.8 Å². The molecule has 0 spiro atoms. The van der Waals surface area contributed by atoms with Crippen LogP contribution >= 0.6 is 0 Å². The number of hydrogen-bond acceptors (Lipinski definition) is 3. The van der Waals surface area contributed by atoms with Gasteiger partial charge in [-0.25, -0.2) is 9.97 Å². The molecule has 8 unspecified atom stereocenters. The highest BCUT2D eigenvalue weighted by atomic mass is 16.5. The van der Waals surface area contributed by atoms with Crippen LogP contribution in [-0.2, 0) is 0 Å². The molecular formula is C54H50N4O. The van der Waals surface area contributed by atoms with Gasteiger partial charge in [-0.3, -0.25) is 0 Å². The van der Waals surface area contributed by atoms with Crippen LogP contribution in [0.2, 0.25) is 0 Å². The molecule has 2 aliphatic heterocycles. The maximum atomic E-state index is 6.24. The Labute approximate surface area is 345 Å². The van der Waals surface area contributed by atoms with E-state index in [-0.39, 0.29) is 0 Å². The van der Waals surface area contributed by atoms with Gasteiger partial charge >= 0.3 is 0 Å². The fraction of sp³-hybridized carbons (Fsp3) is 0.370. The monoisotopic (exact) mass is 770 g/mol. The quantitative estimate of drug-likeness (QED) is 0.157. The van der Waals surface area contributed by atoms with Crippen molar-refractivity contribution >= 4 is 44.4 Å². The van der Waals surface area contributed by atoms with Gasteiger partial charge in [-0.1, -0.05) is 74.1 Å². The SMILES string of the molecule is CCCCOc1ccc(-c2c3nc(cc4[nH]c(cc5[nH]c(cc6nc2C2=C6C6C=CC2CC6)c2c5C5C=CC2CC5)c2c4C4C=CC2CC4)C2=C3C3C=CC2CC3)cc1. The minimum absolute atomic E-state index is 0.356. The zero-order valence-electron chi connectivity index (χ0n) is 33.9. The molecule has 59 heavy (non-hydrogen) atoms. The summed E-state index contributed by atoms with van der Waals surface area (Å²) < 4.78 is 6.24. The molecule has 14 aliphatic rings. The van der Waals surface area contributed by atoms with Gasteiger partial charge in [0.1, 0.15) is 5.75 Å². The molecule has 5 nitrogen and oxygen atoms in total. The van der Waals surface area contributed by atoms with Crippen molar-refractivity contribution in [3.8, 4) is 16.9 Å². The van der Waals surface area contributed by atoms with E-state index < -0.39 is 0 Å². The third-order valence-electron chi connectivity index (χ3n) is 16.0. The number of benzene rings is 1.